The number of hydrogen-bond acceptors (Lipinski definition) is 2. The summed E-state index contributed by atoms with van der Waals surface area (Å²) >= 11 is 0. The van der Waals surface area contributed by atoms with Gasteiger partial charge in [-0.1, -0.05) is 157 Å². The van der Waals surface area contributed by atoms with Crippen LogP contribution in [0.15, 0.2) is 167 Å². The van der Waals surface area contributed by atoms with Crippen molar-refractivity contribution in [3.63, 3.8) is 0 Å². The van der Waals surface area contributed by atoms with Crippen molar-refractivity contribution in [3.05, 3.63) is 256 Å². The van der Waals surface area contributed by atoms with Crippen LogP contribution >= 0.6 is 0 Å². The van der Waals surface area contributed by atoms with E-state index in [1.165, 1.54) is 49.0 Å². The van der Waals surface area contributed by atoms with Crippen molar-refractivity contribution in [2.24, 2.45) is 0 Å². The van der Waals surface area contributed by atoms with Crippen molar-refractivity contribution in [1.82, 2.24) is 9.03 Å². The summed E-state index contributed by atoms with van der Waals surface area (Å²) in [5, 5.41) is 0. The summed E-state index contributed by atoms with van der Waals surface area (Å²) < 4.78 is 3.59. The minimum absolute atomic E-state index is 0.269. The zero-order chi connectivity index (χ0) is 44.7. The molecule has 4 nitrogen and oxygen atoms in total. The van der Waals surface area contributed by atoms with Crippen molar-refractivity contribution < 1.29 is 0 Å². The molecule has 2 spiro atoms. The van der Waals surface area contributed by atoms with Crippen molar-refractivity contribution in [1.29, 1.82) is 0 Å². The molecule has 10 aromatic rings. The number of aromatic nitrogens is 2. The van der Waals surface area contributed by atoms with Gasteiger partial charge in [0.25, 0.3) is 11.1 Å². The van der Waals surface area contributed by atoms with E-state index in [1.54, 1.807) is 0 Å². The highest BCUT2D eigenvalue weighted by atomic mass is 16.2. The minimum atomic E-state index is -0.945. The van der Waals surface area contributed by atoms with Gasteiger partial charge < -0.3 is 0 Å². The maximum atomic E-state index is 16.3. The highest BCUT2D eigenvalue weighted by molar-refractivity contribution is 5.99. The van der Waals surface area contributed by atoms with E-state index in [0.717, 1.165) is 89.3 Å². The molecule has 4 aliphatic rings. The molecule has 0 amide bonds. The van der Waals surface area contributed by atoms with Gasteiger partial charge in [0, 0.05) is 11.1 Å². The summed E-state index contributed by atoms with van der Waals surface area (Å²) in [5.41, 5.74) is 25.1. The molecule has 0 saturated heterocycles. The van der Waals surface area contributed by atoms with Gasteiger partial charge in [-0.3, -0.25) is 9.59 Å². The van der Waals surface area contributed by atoms with Gasteiger partial charge in [0.05, 0.1) is 33.3 Å². The summed E-state index contributed by atoms with van der Waals surface area (Å²) in [6.07, 6.45) is 0. The largest absolute Gasteiger partial charge is 0.279 e. The van der Waals surface area contributed by atoms with Crippen molar-refractivity contribution in [3.8, 4) is 67.0 Å². The van der Waals surface area contributed by atoms with Crippen LogP contribution in [0.5, 0.6) is 0 Å². The number of fused-ring (bicyclic) bond motifs is 23. The van der Waals surface area contributed by atoms with Crippen LogP contribution < -0.4 is 11.1 Å². The van der Waals surface area contributed by atoms with Gasteiger partial charge in [0.15, 0.2) is 0 Å². The molecule has 66 heavy (non-hydrogen) atoms. The van der Waals surface area contributed by atoms with Gasteiger partial charge >= 0.3 is 0 Å². The molecule has 14 rings (SSSR count). The zero-order valence-corrected chi connectivity index (χ0v) is 37.7. The first kappa shape index (κ1) is 37.5. The summed E-state index contributed by atoms with van der Waals surface area (Å²) in [6, 6.07) is 56.9. The summed E-state index contributed by atoms with van der Waals surface area (Å²) in [6.45, 7) is 13.1. The monoisotopic (exact) mass is 848 g/mol. The fraction of sp³-hybridized carbons (Fsp3) is 0.129. The van der Waals surface area contributed by atoms with Gasteiger partial charge in [-0.05, 0) is 154 Å². The van der Waals surface area contributed by atoms with E-state index in [2.05, 4.69) is 204 Å². The maximum Gasteiger partial charge on any atom is 0.279 e. The van der Waals surface area contributed by atoms with Crippen LogP contribution in [-0.4, -0.2) is 9.03 Å². The molecule has 314 valence electrons. The molecule has 4 heteroatoms. The number of benzene rings is 8. The highest BCUT2D eigenvalue weighted by Gasteiger charge is 2.59. The van der Waals surface area contributed by atoms with E-state index in [1.807, 2.05) is 0 Å². The molecule has 0 radical (unpaired) electrons. The molecule has 0 saturated carbocycles. The Morgan fingerprint density at radius 2 is 0.636 bits per heavy atom. The molecule has 2 heterocycles. The molecule has 0 aliphatic heterocycles. The van der Waals surface area contributed by atoms with Crippen LogP contribution in [0, 0.1) is 41.5 Å². The van der Waals surface area contributed by atoms with Crippen molar-refractivity contribution in [2.45, 2.75) is 52.4 Å². The van der Waals surface area contributed by atoms with Gasteiger partial charge in [-0.2, -0.15) is 4.52 Å². The van der Waals surface area contributed by atoms with E-state index in [9.17, 15) is 0 Å². The molecule has 4 aliphatic carbocycles. The third-order valence-electron chi connectivity index (χ3n) is 15.9. The van der Waals surface area contributed by atoms with Gasteiger partial charge in [0.2, 0.25) is 0 Å². The molecule has 8 aromatic carbocycles. The van der Waals surface area contributed by atoms with E-state index in [-0.39, 0.29) is 11.1 Å². The standard InChI is InChI=1S/C62H44N2O2/c1-33-27-35(3)53(36(4)28-33)39-23-25-51-45(31-39)57-55(61(51)47-19-11-7-15-41(47)42-16-8-12-20-48(42)61)59(65)64-60(66)56-58(63(57)64)46-32-40(54-37(5)29-34(2)30-38(54)6)24-26-52(46)62(56)49-21-13-9-17-43(49)44-18-10-14-22-50(44)62/h7-32H,1-6H3. The molecular weight excluding hydrogens is 805 g/mol. The predicted octanol–water partition coefficient (Wildman–Crippen LogP) is 13.1. The Hall–Kier alpha value is -7.82. The van der Waals surface area contributed by atoms with E-state index in [0.29, 0.717) is 11.1 Å². The fourth-order valence-electron chi connectivity index (χ4n) is 14.0. The van der Waals surface area contributed by atoms with Crippen LogP contribution in [0.2, 0.25) is 0 Å². The molecule has 0 unspecified atom stereocenters. The molecule has 0 fully saturated rings. The topological polar surface area (TPSA) is 43.0 Å². The summed E-state index contributed by atoms with van der Waals surface area (Å²) in [5.74, 6) is 0. The SMILES string of the molecule is Cc1cc(C)c(-c2ccc3c(c2)-c2c(c(=O)n4c(=O)c5c(n24)-c2cc(-c4c(C)cc(C)cc4C)ccc2C52c4ccccc4-c4ccccc42)C32c3ccccc3-c3ccccc32)c(C)c1. The number of rotatable bonds is 2. The molecule has 0 atom stereocenters. The van der Waals surface area contributed by atoms with Crippen molar-refractivity contribution >= 4 is 0 Å². The average Bonchev–Trinajstić information content (AvgIpc) is 4.10. The Morgan fingerprint density at radius 3 is 0.970 bits per heavy atom. The smallest absolute Gasteiger partial charge is 0.267 e. The second kappa shape index (κ2) is 12.5. The summed E-state index contributed by atoms with van der Waals surface area (Å²) in [4.78, 5) is 32.5. The first-order valence-electron chi connectivity index (χ1n) is 23.1. The predicted molar refractivity (Wildman–Crippen MR) is 266 cm³/mol. The first-order valence-corrected chi connectivity index (χ1v) is 23.1. The van der Waals surface area contributed by atoms with Crippen LogP contribution in [0.1, 0.15) is 77.9 Å². The number of aryl methyl sites for hydroxylation is 6. The normalized spacial score (nSPS) is 14.6. The zero-order valence-electron chi connectivity index (χ0n) is 37.7. The summed E-state index contributed by atoms with van der Waals surface area (Å²) in [7, 11) is 0. The second-order valence-corrected chi connectivity index (χ2v) is 19.4. The number of nitrogens with zero attached hydrogens (tertiary/aromatic N) is 2. The molecule has 2 aromatic heterocycles. The van der Waals surface area contributed by atoms with Crippen LogP contribution in [-0.2, 0) is 10.8 Å². The lowest BCUT2D eigenvalue weighted by atomic mass is 9.70. The molecular formula is C62H44N2O2. The Bertz CT molecular complexity index is 3620. The van der Waals surface area contributed by atoms with Crippen LogP contribution in [0.4, 0.5) is 0 Å². The second-order valence-electron chi connectivity index (χ2n) is 19.4. The lowest BCUT2D eigenvalue weighted by Gasteiger charge is -2.29. The Balaban J connectivity index is 1.19. The fourth-order valence-corrected chi connectivity index (χ4v) is 14.0. The molecule has 0 bridgehead atoms. The highest BCUT2D eigenvalue weighted by Crippen LogP contribution is 2.66. The third-order valence-corrected chi connectivity index (χ3v) is 15.9. The lowest BCUT2D eigenvalue weighted by Crippen LogP contribution is -2.37. The average molecular weight is 849 g/mol. The Kier molecular flexibility index (Phi) is 7.11. The van der Waals surface area contributed by atoms with Crippen LogP contribution in [0.25, 0.3) is 67.0 Å². The van der Waals surface area contributed by atoms with Gasteiger partial charge in [-0.25, -0.2) is 4.52 Å². The third kappa shape index (κ3) is 4.18. The van der Waals surface area contributed by atoms with Crippen molar-refractivity contribution in [2.75, 3.05) is 0 Å². The maximum absolute atomic E-state index is 16.3. The lowest BCUT2D eigenvalue weighted by molar-refractivity contribution is 0.746. The Labute approximate surface area is 383 Å². The van der Waals surface area contributed by atoms with Crippen LogP contribution in [0.3, 0.4) is 0 Å². The van der Waals surface area contributed by atoms with Gasteiger partial charge in [-0.15, -0.1) is 0 Å². The Morgan fingerprint density at radius 1 is 0.333 bits per heavy atom. The van der Waals surface area contributed by atoms with E-state index < -0.39 is 10.8 Å². The minimum Gasteiger partial charge on any atom is -0.267 e. The quantitative estimate of drug-likeness (QED) is 0.174. The van der Waals surface area contributed by atoms with E-state index in [4.69, 9.17) is 0 Å². The number of hydrogen-bond donors (Lipinski definition) is 0. The first-order chi connectivity index (χ1) is 32.1. The van der Waals surface area contributed by atoms with E-state index >= 15 is 9.59 Å². The van der Waals surface area contributed by atoms with Gasteiger partial charge in [0.1, 0.15) is 0 Å². The molecule has 0 N–H and O–H groups in total.